The third-order valence-electron chi connectivity index (χ3n) is 2.07. The zero-order valence-electron chi connectivity index (χ0n) is 7.81. The van der Waals surface area contributed by atoms with Crippen LogP contribution >= 0.6 is 0 Å². The summed E-state index contributed by atoms with van der Waals surface area (Å²) in [5.74, 6) is -1.02. The van der Waals surface area contributed by atoms with Gasteiger partial charge in [-0.2, -0.15) is 0 Å². The van der Waals surface area contributed by atoms with Crippen LogP contribution in [0.15, 0.2) is 24.3 Å². The molecule has 1 rings (SSSR count). The predicted molar refractivity (Wildman–Crippen MR) is 53.8 cm³/mol. The number of nitrogens with two attached hydrogens (primary N) is 2. The molecular formula is C10H14N2O2. The van der Waals surface area contributed by atoms with Gasteiger partial charge in [0.15, 0.2) is 0 Å². The van der Waals surface area contributed by atoms with Crippen LogP contribution in [0, 0.1) is 0 Å². The van der Waals surface area contributed by atoms with Gasteiger partial charge in [-0.25, -0.2) is 0 Å². The first-order chi connectivity index (χ1) is 6.66. The maximum Gasteiger partial charge on any atom is 0.325 e. The SMILES string of the molecule is NCCc1ccccc1C(N)C(=O)O. The molecule has 0 aliphatic heterocycles. The molecule has 14 heavy (non-hydrogen) atoms. The standard InChI is InChI=1S/C10H14N2O2/c11-6-5-7-3-1-2-4-8(7)9(12)10(13)14/h1-4,9H,5-6,11-12H2,(H,13,14). The predicted octanol–water partition coefficient (Wildman–Crippen LogP) is 0.272. The Labute approximate surface area is 82.5 Å². The fourth-order valence-electron chi connectivity index (χ4n) is 1.35. The van der Waals surface area contributed by atoms with Crippen LogP contribution < -0.4 is 11.5 Å². The van der Waals surface area contributed by atoms with E-state index < -0.39 is 12.0 Å². The number of carbonyl (C=O) groups is 1. The van der Waals surface area contributed by atoms with Gasteiger partial charge in [-0.3, -0.25) is 4.79 Å². The van der Waals surface area contributed by atoms with Gasteiger partial charge in [0.05, 0.1) is 0 Å². The Bertz CT molecular complexity index is 326. The summed E-state index contributed by atoms with van der Waals surface area (Å²) in [5, 5.41) is 8.77. The fourth-order valence-corrected chi connectivity index (χ4v) is 1.35. The van der Waals surface area contributed by atoms with Crippen molar-refractivity contribution in [3.8, 4) is 0 Å². The van der Waals surface area contributed by atoms with E-state index in [9.17, 15) is 4.79 Å². The topological polar surface area (TPSA) is 89.3 Å². The lowest BCUT2D eigenvalue weighted by atomic mass is 9.99. The monoisotopic (exact) mass is 194 g/mol. The van der Waals surface area contributed by atoms with Gasteiger partial charge in [0.2, 0.25) is 0 Å². The van der Waals surface area contributed by atoms with Gasteiger partial charge in [0.25, 0.3) is 0 Å². The first-order valence-corrected chi connectivity index (χ1v) is 4.43. The molecule has 0 radical (unpaired) electrons. The summed E-state index contributed by atoms with van der Waals surface area (Å²) in [7, 11) is 0. The molecule has 1 aromatic rings. The first kappa shape index (κ1) is 10.7. The minimum atomic E-state index is -1.02. The Morgan fingerprint density at radius 2 is 2.07 bits per heavy atom. The Balaban J connectivity index is 3.00. The zero-order chi connectivity index (χ0) is 10.6. The molecule has 0 aliphatic carbocycles. The van der Waals surface area contributed by atoms with Crippen LogP contribution in [0.5, 0.6) is 0 Å². The Morgan fingerprint density at radius 1 is 1.43 bits per heavy atom. The number of hydrogen-bond acceptors (Lipinski definition) is 3. The van der Waals surface area contributed by atoms with Crippen molar-refractivity contribution in [2.45, 2.75) is 12.5 Å². The molecule has 0 saturated heterocycles. The number of carboxylic acids is 1. The van der Waals surface area contributed by atoms with Crippen LogP contribution in [-0.4, -0.2) is 17.6 Å². The van der Waals surface area contributed by atoms with Gasteiger partial charge in [-0.05, 0) is 24.1 Å². The molecule has 4 heteroatoms. The van der Waals surface area contributed by atoms with Crippen molar-refractivity contribution < 1.29 is 9.90 Å². The summed E-state index contributed by atoms with van der Waals surface area (Å²) in [6.45, 7) is 0.489. The van der Waals surface area contributed by atoms with Crippen molar-refractivity contribution >= 4 is 5.97 Å². The van der Waals surface area contributed by atoms with Gasteiger partial charge < -0.3 is 16.6 Å². The number of hydrogen-bond donors (Lipinski definition) is 3. The van der Waals surface area contributed by atoms with Gasteiger partial charge in [0.1, 0.15) is 6.04 Å². The van der Waals surface area contributed by atoms with Gasteiger partial charge in [-0.15, -0.1) is 0 Å². The third kappa shape index (κ3) is 2.31. The lowest BCUT2D eigenvalue weighted by Crippen LogP contribution is -2.22. The van der Waals surface area contributed by atoms with E-state index in [1.165, 1.54) is 0 Å². The average Bonchev–Trinajstić information content (AvgIpc) is 2.18. The Hall–Kier alpha value is -1.39. The van der Waals surface area contributed by atoms with Crippen LogP contribution in [0.2, 0.25) is 0 Å². The largest absolute Gasteiger partial charge is 0.480 e. The first-order valence-electron chi connectivity index (χ1n) is 4.43. The molecule has 1 aromatic carbocycles. The summed E-state index contributed by atoms with van der Waals surface area (Å²) in [5.41, 5.74) is 12.5. The summed E-state index contributed by atoms with van der Waals surface area (Å²) in [6, 6.07) is 6.24. The molecular weight excluding hydrogens is 180 g/mol. The second-order valence-electron chi connectivity index (χ2n) is 3.05. The number of rotatable bonds is 4. The van der Waals surface area contributed by atoms with Crippen molar-refractivity contribution in [3.63, 3.8) is 0 Å². The third-order valence-corrected chi connectivity index (χ3v) is 2.07. The van der Waals surface area contributed by atoms with Crippen molar-refractivity contribution in [1.82, 2.24) is 0 Å². The Kier molecular flexibility index (Phi) is 3.62. The van der Waals surface area contributed by atoms with E-state index >= 15 is 0 Å². The maximum absolute atomic E-state index is 10.7. The molecule has 0 heterocycles. The highest BCUT2D eigenvalue weighted by Crippen LogP contribution is 2.16. The molecule has 1 unspecified atom stereocenters. The maximum atomic E-state index is 10.7. The van der Waals surface area contributed by atoms with Crippen LogP contribution in [0.3, 0.4) is 0 Å². The quantitative estimate of drug-likeness (QED) is 0.642. The smallest absolute Gasteiger partial charge is 0.325 e. The van der Waals surface area contributed by atoms with Crippen LogP contribution in [0.4, 0.5) is 0 Å². The molecule has 0 amide bonds. The summed E-state index contributed by atoms with van der Waals surface area (Å²) in [6.07, 6.45) is 0.650. The van der Waals surface area contributed by atoms with Crippen LogP contribution in [0.25, 0.3) is 0 Å². The summed E-state index contributed by atoms with van der Waals surface area (Å²) < 4.78 is 0. The molecule has 0 bridgehead atoms. The molecule has 1 atom stereocenters. The van der Waals surface area contributed by atoms with Crippen molar-refractivity contribution in [3.05, 3.63) is 35.4 Å². The summed E-state index contributed by atoms with van der Waals surface area (Å²) >= 11 is 0. The number of benzene rings is 1. The molecule has 0 fully saturated rings. The molecule has 5 N–H and O–H groups in total. The highest BCUT2D eigenvalue weighted by Gasteiger charge is 2.16. The average molecular weight is 194 g/mol. The van der Waals surface area contributed by atoms with Crippen molar-refractivity contribution in [2.24, 2.45) is 11.5 Å². The Morgan fingerprint density at radius 3 is 2.64 bits per heavy atom. The van der Waals surface area contributed by atoms with Gasteiger partial charge >= 0.3 is 5.97 Å². The molecule has 0 saturated carbocycles. The van der Waals surface area contributed by atoms with Crippen molar-refractivity contribution in [2.75, 3.05) is 6.54 Å². The van der Waals surface area contributed by atoms with E-state index in [1.54, 1.807) is 12.1 Å². The minimum Gasteiger partial charge on any atom is -0.480 e. The van der Waals surface area contributed by atoms with E-state index in [-0.39, 0.29) is 0 Å². The van der Waals surface area contributed by atoms with Crippen LogP contribution in [-0.2, 0) is 11.2 Å². The molecule has 4 nitrogen and oxygen atoms in total. The van der Waals surface area contributed by atoms with Crippen molar-refractivity contribution in [1.29, 1.82) is 0 Å². The minimum absolute atomic E-state index is 0.489. The second-order valence-corrected chi connectivity index (χ2v) is 3.05. The fraction of sp³-hybridized carbons (Fsp3) is 0.300. The normalized spacial score (nSPS) is 12.4. The number of carboxylic acid groups (broad SMARTS) is 1. The van der Waals surface area contributed by atoms with E-state index in [0.29, 0.717) is 18.5 Å². The molecule has 0 aliphatic rings. The van der Waals surface area contributed by atoms with E-state index in [4.69, 9.17) is 16.6 Å². The molecule has 76 valence electrons. The van der Waals surface area contributed by atoms with Gasteiger partial charge in [0, 0.05) is 0 Å². The van der Waals surface area contributed by atoms with E-state index in [0.717, 1.165) is 5.56 Å². The van der Waals surface area contributed by atoms with E-state index in [1.807, 2.05) is 12.1 Å². The molecule has 0 spiro atoms. The van der Waals surface area contributed by atoms with Gasteiger partial charge in [-0.1, -0.05) is 24.3 Å². The summed E-state index contributed by atoms with van der Waals surface area (Å²) in [4.78, 5) is 10.7. The van der Waals surface area contributed by atoms with Crippen LogP contribution in [0.1, 0.15) is 17.2 Å². The zero-order valence-corrected chi connectivity index (χ0v) is 7.81. The van der Waals surface area contributed by atoms with E-state index in [2.05, 4.69) is 0 Å². The second kappa shape index (κ2) is 4.74. The highest BCUT2D eigenvalue weighted by atomic mass is 16.4. The number of aliphatic carboxylic acids is 1. The lowest BCUT2D eigenvalue weighted by Gasteiger charge is -2.11. The highest BCUT2D eigenvalue weighted by molar-refractivity contribution is 5.75. The molecule has 0 aromatic heterocycles. The lowest BCUT2D eigenvalue weighted by molar-refractivity contribution is -0.138.